The number of hydrogen-bond acceptors (Lipinski definition) is 7. The van der Waals surface area contributed by atoms with Gasteiger partial charge in [-0.15, -0.1) is 0 Å². The van der Waals surface area contributed by atoms with E-state index in [1.165, 1.54) is 12.4 Å². The van der Waals surface area contributed by atoms with Gasteiger partial charge >= 0.3 is 0 Å². The molecular formula is C20H23N3O5S. The van der Waals surface area contributed by atoms with E-state index < -0.39 is 26.6 Å². The minimum absolute atomic E-state index is 0.125. The lowest BCUT2D eigenvalue weighted by Gasteiger charge is -2.26. The molecule has 1 aliphatic rings. The van der Waals surface area contributed by atoms with Crippen molar-refractivity contribution in [3.8, 4) is 11.1 Å². The Morgan fingerprint density at radius 1 is 1.28 bits per heavy atom. The summed E-state index contributed by atoms with van der Waals surface area (Å²) in [6.07, 6.45) is 4.15. The van der Waals surface area contributed by atoms with Crippen molar-refractivity contribution < 1.29 is 23.3 Å². The van der Waals surface area contributed by atoms with Crippen molar-refractivity contribution >= 4 is 21.5 Å². The first-order valence-corrected chi connectivity index (χ1v) is 10.9. The molecular weight excluding hydrogens is 394 g/mol. The van der Waals surface area contributed by atoms with Crippen LogP contribution in [0.2, 0.25) is 0 Å². The van der Waals surface area contributed by atoms with Crippen LogP contribution in [-0.2, 0) is 19.5 Å². The molecule has 8 nitrogen and oxygen atoms in total. The van der Waals surface area contributed by atoms with Crippen LogP contribution in [0.5, 0.6) is 0 Å². The number of carbonyl (C=O) groups excluding carboxylic acids is 1. The van der Waals surface area contributed by atoms with Gasteiger partial charge in [-0.1, -0.05) is 29.4 Å². The van der Waals surface area contributed by atoms with Crippen molar-refractivity contribution in [2.75, 3.05) is 6.26 Å². The number of hydrogen-bond donors (Lipinski definition) is 2. The zero-order valence-corrected chi connectivity index (χ0v) is 17.2. The van der Waals surface area contributed by atoms with E-state index in [2.05, 4.69) is 10.1 Å². The number of rotatable bonds is 6. The van der Waals surface area contributed by atoms with Gasteiger partial charge in [0.15, 0.2) is 14.6 Å². The summed E-state index contributed by atoms with van der Waals surface area (Å²) in [5.41, 5.74) is 6.19. The van der Waals surface area contributed by atoms with Crippen molar-refractivity contribution in [3.63, 3.8) is 0 Å². The predicted octanol–water partition coefficient (Wildman–Crippen LogP) is 2.25. The van der Waals surface area contributed by atoms with E-state index in [1.54, 1.807) is 6.20 Å². The highest BCUT2D eigenvalue weighted by atomic mass is 32.2. The SMILES string of the molecule is Cc1cnccc1-c1ccc(C2=NOC(CC(C)(C(=O)NO)S(C)(=O)=O)C2)cc1. The molecule has 0 aliphatic carbocycles. The quantitative estimate of drug-likeness (QED) is 0.550. The van der Waals surface area contributed by atoms with E-state index in [9.17, 15) is 13.2 Å². The van der Waals surface area contributed by atoms with Crippen molar-refractivity contribution in [3.05, 3.63) is 53.9 Å². The Hall–Kier alpha value is -2.78. The highest BCUT2D eigenvalue weighted by Gasteiger charge is 2.47. The molecule has 0 spiro atoms. The molecule has 9 heteroatoms. The second kappa shape index (κ2) is 7.92. The third kappa shape index (κ3) is 4.15. The number of pyridine rings is 1. The molecule has 2 atom stereocenters. The van der Waals surface area contributed by atoms with Crippen LogP contribution >= 0.6 is 0 Å². The highest BCUT2D eigenvalue weighted by molar-refractivity contribution is 7.92. The zero-order valence-electron chi connectivity index (χ0n) is 16.4. The van der Waals surface area contributed by atoms with Gasteiger partial charge in [0, 0.05) is 31.5 Å². The van der Waals surface area contributed by atoms with Crippen LogP contribution in [-0.4, -0.2) is 47.3 Å². The Morgan fingerprint density at radius 3 is 2.52 bits per heavy atom. The van der Waals surface area contributed by atoms with Gasteiger partial charge in [0.05, 0.1) is 5.71 Å². The van der Waals surface area contributed by atoms with Crippen LogP contribution in [0.4, 0.5) is 0 Å². The van der Waals surface area contributed by atoms with Gasteiger partial charge in [-0.3, -0.25) is 15.0 Å². The van der Waals surface area contributed by atoms with Crippen molar-refractivity contribution in [2.24, 2.45) is 5.16 Å². The molecule has 1 amide bonds. The molecule has 1 aliphatic heterocycles. The summed E-state index contributed by atoms with van der Waals surface area (Å²) in [5, 5.41) is 13.0. The molecule has 0 bridgehead atoms. The maximum Gasteiger partial charge on any atom is 0.264 e. The van der Waals surface area contributed by atoms with Crippen molar-refractivity contribution in [1.29, 1.82) is 0 Å². The largest absolute Gasteiger partial charge is 0.392 e. The van der Waals surface area contributed by atoms with Gasteiger partial charge < -0.3 is 4.84 Å². The summed E-state index contributed by atoms with van der Waals surface area (Å²) in [5.74, 6) is -0.992. The number of nitrogens with one attached hydrogen (secondary N) is 1. The average molecular weight is 417 g/mol. The predicted molar refractivity (Wildman–Crippen MR) is 108 cm³/mol. The van der Waals surface area contributed by atoms with Crippen LogP contribution in [0.15, 0.2) is 47.9 Å². The topological polar surface area (TPSA) is 118 Å². The van der Waals surface area contributed by atoms with Crippen LogP contribution in [0, 0.1) is 6.92 Å². The van der Waals surface area contributed by atoms with Crippen LogP contribution in [0.3, 0.4) is 0 Å². The Bertz CT molecular complexity index is 1050. The Balaban J connectivity index is 1.74. The van der Waals surface area contributed by atoms with Crippen LogP contribution in [0.25, 0.3) is 11.1 Å². The minimum atomic E-state index is -3.79. The monoisotopic (exact) mass is 417 g/mol. The highest BCUT2D eigenvalue weighted by Crippen LogP contribution is 2.30. The summed E-state index contributed by atoms with van der Waals surface area (Å²) in [7, 11) is -3.79. The smallest absolute Gasteiger partial charge is 0.264 e. The van der Waals surface area contributed by atoms with Gasteiger partial charge in [0.1, 0.15) is 6.10 Å². The fraction of sp³-hybridized carbons (Fsp3) is 0.350. The Kier molecular flexibility index (Phi) is 5.72. The number of amides is 1. The summed E-state index contributed by atoms with van der Waals surface area (Å²) >= 11 is 0. The zero-order chi connectivity index (χ0) is 21.2. The van der Waals surface area contributed by atoms with Crippen LogP contribution in [0.1, 0.15) is 30.9 Å². The lowest BCUT2D eigenvalue weighted by atomic mass is 9.95. The maximum atomic E-state index is 12.1. The number of benzene rings is 1. The summed E-state index contributed by atoms with van der Waals surface area (Å²) in [6, 6.07) is 9.77. The second-order valence-corrected chi connectivity index (χ2v) is 9.83. The number of hydroxylamine groups is 1. The third-order valence-corrected chi connectivity index (χ3v) is 7.29. The van der Waals surface area contributed by atoms with E-state index in [1.807, 2.05) is 43.5 Å². The third-order valence-electron chi connectivity index (χ3n) is 5.30. The van der Waals surface area contributed by atoms with E-state index >= 15 is 0 Å². The molecule has 29 heavy (non-hydrogen) atoms. The van der Waals surface area contributed by atoms with E-state index in [0.29, 0.717) is 12.1 Å². The van der Waals surface area contributed by atoms with Crippen molar-refractivity contribution in [1.82, 2.24) is 10.5 Å². The number of aromatic nitrogens is 1. The molecule has 2 N–H and O–H groups in total. The fourth-order valence-corrected chi connectivity index (χ4v) is 4.18. The summed E-state index contributed by atoms with van der Waals surface area (Å²) in [6.45, 7) is 3.26. The first-order chi connectivity index (χ1) is 13.7. The molecule has 3 rings (SSSR count). The molecule has 2 heterocycles. The molecule has 0 saturated heterocycles. The lowest BCUT2D eigenvalue weighted by molar-refractivity contribution is -0.132. The number of aryl methyl sites for hydroxylation is 1. The van der Waals surface area contributed by atoms with Gasteiger partial charge in [0.25, 0.3) is 5.91 Å². The number of carbonyl (C=O) groups is 1. The maximum absolute atomic E-state index is 12.1. The molecule has 2 aromatic rings. The van der Waals surface area contributed by atoms with Crippen LogP contribution < -0.4 is 5.48 Å². The molecule has 0 radical (unpaired) electrons. The van der Waals surface area contributed by atoms with Crippen molar-refractivity contribution in [2.45, 2.75) is 37.5 Å². The average Bonchev–Trinajstić information content (AvgIpc) is 3.15. The standard InChI is InChI=1S/C20H23N3O5S/c1-13-12-21-9-8-17(13)14-4-6-15(7-5-14)18-10-16(28-23-18)11-20(2,19(24)22-25)29(3,26)27/h4-9,12,16,25H,10-11H2,1-3H3,(H,22,24). The second-order valence-electron chi connectivity index (χ2n) is 7.39. The van der Waals surface area contributed by atoms with Gasteiger partial charge in [0.2, 0.25) is 0 Å². The van der Waals surface area contributed by atoms with E-state index in [4.69, 9.17) is 10.0 Å². The van der Waals surface area contributed by atoms with Gasteiger partial charge in [-0.25, -0.2) is 13.9 Å². The molecule has 2 unspecified atom stereocenters. The van der Waals surface area contributed by atoms with E-state index in [0.717, 1.165) is 28.5 Å². The molecule has 154 valence electrons. The first kappa shape index (κ1) is 20.9. The Morgan fingerprint density at radius 2 is 1.93 bits per heavy atom. The molecule has 1 aromatic heterocycles. The normalized spacial score (nSPS) is 18.5. The number of sulfone groups is 1. The van der Waals surface area contributed by atoms with E-state index in [-0.39, 0.29) is 6.42 Å². The number of oxime groups is 1. The summed E-state index contributed by atoms with van der Waals surface area (Å²) < 4.78 is 22.4. The first-order valence-electron chi connectivity index (χ1n) is 9.04. The molecule has 1 aromatic carbocycles. The molecule has 0 fully saturated rings. The molecule has 0 saturated carbocycles. The number of nitrogens with zero attached hydrogens (tertiary/aromatic N) is 2. The lowest BCUT2D eigenvalue weighted by Crippen LogP contribution is -2.51. The van der Waals surface area contributed by atoms with Gasteiger partial charge in [-0.05, 0) is 42.2 Å². The minimum Gasteiger partial charge on any atom is -0.392 e. The summed E-state index contributed by atoms with van der Waals surface area (Å²) in [4.78, 5) is 21.5. The Labute approximate surface area is 169 Å². The van der Waals surface area contributed by atoms with Gasteiger partial charge in [-0.2, -0.15) is 0 Å². The fourth-order valence-electron chi connectivity index (χ4n) is 3.31.